The maximum Gasteiger partial charge on any atom is 0.263 e. The van der Waals surface area contributed by atoms with Crippen molar-refractivity contribution in [3.05, 3.63) is 59.0 Å². The highest BCUT2D eigenvalue weighted by Gasteiger charge is 2.22. The summed E-state index contributed by atoms with van der Waals surface area (Å²) in [5.74, 6) is 0.301. The molecule has 0 fully saturated rings. The third-order valence-electron chi connectivity index (χ3n) is 4.64. The van der Waals surface area contributed by atoms with E-state index in [1.807, 2.05) is 26.8 Å². The Kier molecular flexibility index (Phi) is 7.40. The maximum absolute atomic E-state index is 12.9. The summed E-state index contributed by atoms with van der Waals surface area (Å²) < 4.78 is 32.2. The second-order valence-corrected chi connectivity index (χ2v) is 10.2. The molecule has 1 aromatic carbocycles. The van der Waals surface area contributed by atoms with Crippen LogP contribution in [-0.4, -0.2) is 29.7 Å². The molecule has 0 aliphatic rings. The number of hydrogen-bond acceptors (Lipinski definition) is 8. The number of anilines is 2. The van der Waals surface area contributed by atoms with Crippen molar-refractivity contribution >= 4 is 39.2 Å². The van der Waals surface area contributed by atoms with Crippen LogP contribution in [0.3, 0.4) is 0 Å². The molecule has 11 heteroatoms. The van der Waals surface area contributed by atoms with E-state index >= 15 is 0 Å². The van der Waals surface area contributed by atoms with Crippen molar-refractivity contribution < 1.29 is 17.7 Å². The molecule has 33 heavy (non-hydrogen) atoms. The number of nitrogens with zero attached hydrogens (tertiary/aromatic N) is 3. The fourth-order valence-electron chi connectivity index (χ4n) is 3.03. The highest BCUT2D eigenvalue weighted by molar-refractivity contribution is 8.00. The van der Waals surface area contributed by atoms with Gasteiger partial charge in [0.05, 0.1) is 15.7 Å². The number of nitrogens with one attached hydrogen (secondary N) is 2. The molecular formula is C22H23N5O4S2. The van der Waals surface area contributed by atoms with Gasteiger partial charge in [0.15, 0.2) is 5.82 Å². The van der Waals surface area contributed by atoms with Gasteiger partial charge in [-0.2, -0.15) is 5.26 Å². The molecule has 0 radical (unpaired) electrons. The van der Waals surface area contributed by atoms with E-state index in [1.165, 1.54) is 42.1 Å². The van der Waals surface area contributed by atoms with E-state index in [2.05, 4.69) is 26.2 Å². The predicted octanol–water partition coefficient (Wildman–Crippen LogP) is 4.18. The Hall–Kier alpha value is -3.36. The molecule has 1 unspecified atom stereocenters. The van der Waals surface area contributed by atoms with Gasteiger partial charge in [-0.1, -0.05) is 23.8 Å². The van der Waals surface area contributed by atoms with Gasteiger partial charge >= 0.3 is 0 Å². The molecule has 9 nitrogen and oxygen atoms in total. The van der Waals surface area contributed by atoms with Crippen LogP contribution in [0.2, 0.25) is 0 Å². The van der Waals surface area contributed by atoms with E-state index in [0.29, 0.717) is 28.5 Å². The van der Waals surface area contributed by atoms with Crippen LogP contribution in [0.5, 0.6) is 0 Å². The van der Waals surface area contributed by atoms with E-state index < -0.39 is 15.3 Å². The Morgan fingerprint density at radius 1 is 1.21 bits per heavy atom. The number of aromatic nitrogens is 2. The minimum absolute atomic E-state index is 0.0145. The molecule has 1 atom stereocenters. The van der Waals surface area contributed by atoms with Gasteiger partial charge in [0.1, 0.15) is 16.9 Å². The smallest absolute Gasteiger partial charge is 0.263 e. The molecule has 1 amide bonds. The van der Waals surface area contributed by atoms with Gasteiger partial charge in [0, 0.05) is 17.4 Å². The summed E-state index contributed by atoms with van der Waals surface area (Å²) in [4.78, 5) is 17.3. The Morgan fingerprint density at radius 3 is 2.48 bits per heavy atom. The van der Waals surface area contributed by atoms with Crippen LogP contribution in [0.15, 0.2) is 50.8 Å². The second-order valence-electron chi connectivity index (χ2n) is 7.33. The number of carbonyl (C=O) groups is 1. The van der Waals surface area contributed by atoms with Gasteiger partial charge in [-0.25, -0.2) is 13.4 Å². The zero-order valence-electron chi connectivity index (χ0n) is 18.5. The highest BCUT2D eigenvalue weighted by atomic mass is 32.2. The molecule has 2 aromatic heterocycles. The third kappa shape index (κ3) is 5.91. The first-order chi connectivity index (χ1) is 15.6. The van der Waals surface area contributed by atoms with Crippen molar-refractivity contribution in [2.75, 3.05) is 10.0 Å². The largest absolute Gasteiger partial charge is 0.360 e. The summed E-state index contributed by atoms with van der Waals surface area (Å²) in [7, 11) is -3.85. The quantitative estimate of drug-likeness (QED) is 0.453. The van der Waals surface area contributed by atoms with Crippen LogP contribution in [0.25, 0.3) is 0 Å². The van der Waals surface area contributed by atoms with Crippen molar-refractivity contribution in [1.29, 1.82) is 5.26 Å². The first kappa shape index (κ1) is 24.3. The average molecular weight is 486 g/mol. The minimum atomic E-state index is -3.85. The number of nitriles is 1. The number of benzene rings is 1. The van der Waals surface area contributed by atoms with Gasteiger partial charge in [0.25, 0.3) is 10.0 Å². The third-order valence-corrected chi connectivity index (χ3v) is 7.36. The first-order valence-corrected chi connectivity index (χ1v) is 12.4. The van der Waals surface area contributed by atoms with E-state index in [1.54, 1.807) is 6.92 Å². The Bertz CT molecular complexity index is 1310. The van der Waals surface area contributed by atoms with Gasteiger partial charge in [-0.15, -0.1) is 0 Å². The zero-order valence-corrected chi connectivity index (χ0v) is 20.2. The topological polar surface area (TPSA) is 138 Å². The minimum Gasteiger partial charge on any atom is -0.360 e. The van der Waals surface area contributed by atoms with Crippen molar-refractivity contribution in [3.63, 3.8) is 0 Å². The molecule has 2 N–H and O–H groups in total. The summed E-state index contributed by atoms with van der Waals surface area (Å²) in [6, 6.07) is 11.2. The van der Waals surface area contributed by atoms with E-state index in [0.717, 1.165) is 11.3 Å². The molecule has 0 aliphatic heterocycles. The van der Waals surface area contributed by atoms with Gasteiger partial charge in [-0.3, -0.25) is 9.52 Å². The van der Waals surface area contributed by atoms with Crippen LogP contribution in [0.4, 0.5) is 11.5 Å². The number of rotatable bonds is 8. The molecule has 172 valence electrons. The van der Waals surface area contributed by atoms with Crippen molar-refractivity contribution in [3.8, 4) is 6.07 Å². The van der Waals surface area contributed by atoms with Gasteiger partial charge < -0.3 is 9.84 Å². The number of amides is 1. The van der Waals surface area contributed by atoms with Crippen LogP contribution in [-0.2, 0) is 14.8 Å². The van der Waals surface area contributed by atoms with E-state index in [-0.39, 0.29) is 16.6 Å². The number of pyridine rings is 1. The summed E-state index contributed by atoms with van der Waals surface area (Å²) in [5, 5.41) is 15.9. The molecule has 0 bridgehead atoms. The molecule has 0 aliphatic carbocycles. The molecular weight excluding hydrogens is 462 g/mol. The fraction of sp³-hybridized carbons (Fsp3) is 0.273. The van der Waals surface area contributed by atoms with Crippen LogP contribution in [0, 0.1) is 32.1 Å². The number of thioether (sulfide) groups is 1. The van der Waals surface area contributed by atoms with Crippen molar-refractivity contribution in [2.45, 2.75) is 49.3 Å². The van der Waals surface area contributed by atoms with E-state index in [4.69, 9.17) is 4.52 Å². The summed E-state index contributed by atoms with van der Waals surface area (Å²) >= 11 is 1.24. The lowest BCUT2D eigenvalue weighted by Crippen LogP contribution is -2.25. The van der Waals surface area contributed by atoms with E-state index in [9.17, 15) is 18.5 Å². The molecule has 2 heterocycles. The Labute approximate surface area is 196 Å². The van der Waals surface area contributed by atoms with Crippen LogP contribution < -0.4 is 10.0 Å². The van der Waals surface area contributed by atoms with Crippen molar-refractivity contribution in [2.24, 2.45) is 0 Å². The average Bonchev–Trinajstić information content (AvgIpc) is 3.15. The number of carbonyl (C=O) groups excluding carboxylic acids is 1. The van der Waals surface area contributed by atoms with Crippen LogP contribution in [0.1, 0.15) is 35.9 Å². The standard InChI is InChI=1S/C22H23N5O4S2/c1-5-19(32-22-18(12-23)13(2)10-14(3)24-22)21(28)25-16-6-8-17(9-7-16)33(29,30)27-20-11-15(4)31-26-20/h6-11,19H,5H2,1-4H3,(H,25,28)(H,26,27). The fourth-order valence-corrected chi connectivity index (χ4v) is 5.14. The number of aryl methyl sites for hydroxylation is 3. The molecule has 0 spiro atoms. The first-order valence-electron chi connectivity index (χ1n) is 10.0. The normalized spacial score (nSPS) is 12.1. The second kappa shape index (κ2) is 10.1. The predicted molar refractivity (Wildman–Crippen MR) is 125 cm³/mol. The SMILES string of the molecule is CCC(Sc1nc(C)cc(C)c1C#N)C(=O)Nc1ccc(S(=O)(=O)Nc2cc(C)on2)cc1. The van der Waals surface area contributed by atoms with Gasteiger partial charge in [0.2, 0.25) is 5.91 Å². The molecule has 0 saturated heterocycles. The summed E-state index contributed by atoms with van der Waals surface area (Å²) in [5.41, 5.74) is 2.50. The highest BCUT2D eigenvalue weighted by Crippen LogP contribution is 2.30. The van der Waals surface area contributed by atoms with Crippen LogP contribution >= 0.6 is 11.8 Å². The molecule has 3 rings (SSSR count). The Balaban J connectivity index is 1.71. The Morgan fingerprint density at radius 2 is 1.91 bits per heavy atom. The lowest BCUT2D eigenvalue weighted by atomic mass is 10.1. The van der Waals surface area contributed by atoms with Crippen molar-refractivity contribution in [1.82, 2.24) is 10.1 Å². The van der Waals surface area contributed by atoms with Gasteiger partial charge in [-0.05, 0) is 63.1 Å². The number of sulfonamides is 1. The summed E-state index contributed by atoms with van der Waals surface area (Å²) in [6.45, 7) is 7.21. The lowest BCUT2D eigenvalue weighted by Gasteiger charge is -2.16. The molecule has 3 aromatic rings. The lowest BCUT2D eigenvalue weighted by molar-refractivity contribution is -0.115. The molecule has 0 saturated carbocycles. The monoisotopic (exact) mass is 485 g/mol. The number of hydrogen-bond donors (Lipinski definition) is 2. The zero-order chi connectivity index (χ0) is 24.2. The summed E-state index contributed by atoms with van der Waals surface area (Å²) in [6.07, 6.45) is 0.517. The maximum atomic E-state index is 12.9.